The van der Waals surface area contributed by atoms with Crippen LogP contribution >= 0.6 is 0 Å². The molecule has 1 aromatic heterocycles. The molecule has 1 heterocycles. The smallest absolute Gasteiger partial charge is 0.274 e. The molecule has 1 amide bonds. The second-order valence-corrected chi connectivity index (χ2v) is 5.61. The predicted molar refractivity (Wildman–Crippen MR) is 81.3 cm³/mol. The van der Waals surface area contributed by atoms with E-state index in [0.29, 0.717) is 28.9 Å². The summed E-state index contributed by atoms with van der Waals surface area (Å²) in [6, 6.07) is 7.30. The van der Waals surface area contributed by atoms with Crippen LogP contribution in [0.3, 0.4) is 0 Å². The van der Waals surface area contributed by atoms with Gasteiger partial charge in [-0.25, -0.2) is 4.68 Å². The maximum absolute atomic E-state index is 12.5. The molecule has 2 aromatic rings. The van der Waals surface area contributed by atoms with Gasteiger partial charge in [0.15, 0.2) is 5.69 Å². The molecule has 1 N–H and O–H groups in total. The van der Waals surface area contributed by atoms with Gasteiger partial charge in [-0.1, -0.05) is 18.2 Å². The van der Waals surface area contributed by atoms with Crippen molar-refractivity contribution >= 4 is 16.7 Å². The second-order valence-electron chi connectivity index (χ2n) is 5.61. The zero-order valence-corrected chi connectivity index (χ0v) is 12.3. The van der Waals surface area contributed by atoms with Crippen LogP contribution in [0.25, 0.3) is 10.8 Å². The summed E-state index contributed by atoms with van der Waals surface area (Å²) in [6.45, 7) is 4.31. The molecule has 1 saturated carbocycles. The third-order valence-electron chi connectivity index (χ3n) is 4.07. The van der Waals surface area contributed by atoms with E-state index in [1.807, 2.05) is 19.9 Å². The molecule has 0 aliphatic heterocycles. The number of fused-ring (bicyclic) bond motifs is 1. The lowest BCUT2D eigenvalue weighted by molar-refractivity contribution is 0.0930. The summed E-state index contributed by atoms with van der Waals surface area (Å²) < 4.78 is 1.35. The summed E-state index contributed by atoms with van der Waals surface area (Å²) in [7, 11) is 0. The number of benzene rings is 1. The van der Waals surface area contributed by atoms with Gasteiger partial charge in [-0.15, -0.1) is 0 Å². The Kier molecular flexibility index (Phi) is 3.49. The number of amides is 1. The monoisotopic (exact) mass is 285 g/mol. The molecule has 5 heteroatoms. The topological polar surface area (TPSA) is 64.0 Å². The average molecular weight is 285 g/mol. The predicted octanol–water partition coefficient (Wildman–Crippen LogP) is 1.94. The first-order valence-electron chi connectivity index (χ1n) is 7.42. The SMILES string of the molecule is CCn1nc(C(=O)N[C@@H](C)C2CC2)c2ccccc2c1=O. The molecule has 1 atom stereocenters. The van der Waals surface area contributed by atoms with E-state index in [-0.39, 0.29) is 17.5 Å². The van der Waals surface area contributed by atoms with Gasteiger partial charge in [0.05, 0.1) is 5.39 Å². The van der Waals surface area contributed by atoms with Gasteiger partial charge in [-0.3, -0.25) is 9.59 Å². The molecule has 0 spiro atoms. The van der Waals surface area contributed by atoms with Crippen molar-refractivity contribution < 1.29 is 4.79 Å². The fraction of sp³-hybridized carbons (Fsp3) is 0.438. The van der Waals surface area contributed by atoms with Crippen molar-refractivity contribution in [3.8, 4) is 0 Å². The molecule has 5 nitrogen and oxygen atoms in total. The summed E-state index contributed by atoms with van der Waals surface area (Å²) >= 11 is 0. The Hall–Kier alpha value is -2.17. The van der Waals surface area contributed by atoms with Gasteiger partial charge in [0, 0.05) is 18.0 Å². The number of hydrogen-bond donors (Lipinski definition) is 1. The van der Waals surface area contributed by atoms with Crippen LogP contribution in [-0.2, 0) is 6.54 Å². The van der Waals surface area contributed by atoms with Crippen molar-refractivity contribution in [1.29, 1.82) is 0 Å². The lowest BCUT2D eigenvalue weighted by Gasteiger charge is -2.14. The van der Waals surface area contributed by atoms with E-state index < -0.39 is 0 Å². The maximum atomic E-state index is 12.5. The largest absolute Gasteiger partial charge is 0.348 e. The molecule has 0 unspecified atom stereocenters. The minimum atomic E-state index is -0.201. The molecule has 1 fully saturated rings. The van der Waals surface area contributed by atoms with Crippen molar-refractivity contribution in [3.63, 3.8) is 0 Å². The number of carbonyl (C=O) groups excluding carboxylic acids is 1. The van der Waals surface area contributed by atoms with Crippen LogP contribution in [0.1, 0.15) is 37.2 Å². The number of aromatic nitrogens is 2. The first kappa shape index (κ1) is 13.8. The van der Waals surface area contributed by atoms with Gasteiger partial charge in [0.2, 0.25) is 0 Å². The van der Waals surface area contributed by atoms with Crippen LogP contribution < -0.4 is 10.9 Å². The summed E-state index contributed by atoms with van der Waals surface area (Å²) in [6.07, 6.45) is 2.34. The number of rotatable bonds is 4. The van der Waals surface area contributed by atoms with Crippen LogP contribution in [0.2, 0.25) is 0 Å². The number of carbonyl (C=O) groups is 1. The van der Waals surface area contributed by atoms with Gasteiger partial charge in [0.25, 0.3) is 11.5 Å². The van der Waals surface area contributed by atoms with E-state index >= 15 is 0 Å². The average Bonchev–Trinajstić information content (AvgIpc) is 3.32. The lowest BCUT2D eigenvalue weighted by atomic mass is 10.1. The van der Waals surface area contributed by atoms with Gasteiger partial charge < -0.3 is 5.32 Å². The molecule has 110 valence electrons. The van der Waals surface area contributed by atoms with Crippen molar-refractivity contribution in [1.82, 2.24) is 15.1 Å². The number of aryl methyl sites for hydroxylation is 1. The number of hydrogen-bond acceptors (Lipinski definition) is 3. The van der Waals surface area contributed by atoms with E-state index in [9.17, 15) is 9.59 Å². The zero-order valence-electron chi connectivity index (χ0n) is 12.3. The number of nitrogens with one attached hydrogen (secondary N) is 1. The van der Waals surface area contributed by atoms with Crippen molar-refractivity contribution in [2.75, 3.05) is 0 Å². The van der Waals surface area contributed by atoms with E-state index in [2.05, 4.69) is 10.4 Å². The molecule has 1 aliphatic rings. The zero-order chi connectivity index (χ0) is 15.0. The van der Waals surface area contributed by atoms with E-state index in [1.165, 1.54) is 17.5 Å². The molecule has 1 aromatic carbocycles. The highest BCUT2D eigenvalue weighted by Crippen LogP contribution is 2.32. The van der Waals surface area contributed by atoms with Crippen LogP contribution in [0.5, 0.6) is 0 Å². The fourth-order valence-electron chi connectivity index (χ4n) is 2.61. The molecule has 0 saturated heterocycles. The van der Waals surface area contributed by atoms with Crippen molar-refractivity contribution in [2.24, 2.45) is 5.92 Å². The highest BCUT2D eigenvalue weighted by atomic mass is 16.2. The van der Waals surface area contributed by atoms with Crippen LogP contribution in [-0.4, -0.2) is 21.7 Å². The quantitative estimate of drug-likeness (QED) is 0.933. The lowest BCUT2D eigenvalue weighted by Crippen LogP contribution is -2.36. The number of nitrogens with zero attached hydrogens (tertiary/aromatic N) is 2. The Morgan fingerprint density at radius 2 is 2.05 bits per heavy atom. The Bertz CT molecular complexity index is 747. The molecule has 0 radical (unpaired) electrons. The minimum Gasteiger partial charge on any atom is -0.348 e. The normalized spacial score (nSPS) is 15.9. The summed E-state index contributed by atoms with van der Waals surface area (Å²) in [5.74, 6) is 0.380. The Morgan fingerprint density at radius 1 is 1.38 bits per heavy atom. The summed E-state index contributed by atoms with van der Waals surface area (Å²) in [5, 5.41) is 8.41. The van der Waals surface area contributed by atoms with Crippen molar-refractivity contribution in [3.05, 3.63) is 40.3 Å². The molecule has 21 heavy (non-hydrogen) atoms. The highest BCUT2D eigenvalue weighted by Gasteiger charge is 2.29. The Labute approximate surface area is 123 Å². The summed E-state index contributed by atoms with van der Waals surface area (Å²) in [4.78, 5) is 24.7. The molecular formula is C16H19N3O2. The molecule has 0 bridgehead atoms. The summed E-state index contributed by atoms with van der Waals surface area (Å²) in [5.41, 5.74) is 0.180. The van der Waals surface area contributed by atoms with Crippen LogP contribution in [0.4, 0.5) is 0 Å². The first-order valence-corrected chi connectivity index (χ1v) is 7.42. The standard InChI is InChI=1S/C16H19N3O2/c1-3-19-16(21)13-7-5-4-6-12(13)14(18-19)15(20)17-10(2)11-8-9-11/h4-7,10-11H,3,8-9H2,1-2H3,(H,17,20)/t10-/m0/s1. The minimum absolute atomic E-state index is 0.153. The highest BCUT2D eigenvalue weighted by molar-refractivity contribution is 6.04. The third-order valence-corrected chi connectivity index (χ3v) is 4.07. The molecular weight excluding hydrogens is 266 g/mol. The van der Waals surface area contributed by atoms with E-state index in [0.717, 1.165) is 0 Å². The van der Waals surface area contributed by atoms with Gasteiger partial charge in [0.1, 0.15) is 0 Å². The molecule has 3 rings (SSSR count). The van der Waals surface area contributed by atoms with Crippen LogP contribution in [0.15, 0.2) is 29.1 Å². The third kappa shape index (κ3) is 2.55. The maximum Gasteiger partial charge on any atom is 0.274 e. The Morgan fingerprint density at radius 3 is 2.67 bits per heavy atom. The Balaban J connectivity index is 2.06. The fourth-order valence-corrected chi connectivity index (χ4v) is 2.61. The van der Waals surface area contributed by atoms with Gasteiger partial charge in [-0.05, 0) is 38.7 Å². The van der Waals surface area contributed by atoms with E-state index in [4.69, 9.17) is 0 Å². The molecule has 1 aliphatic carbocycles. The van der Waals surface area contributed by atoms with E-state index in [1.54, 1.807) is 18.2 Å². The van der Waals surface area contributed by atoms with Gasteiger partial charge in [-0.2, -0.15) is 5.10 Å². The first-order chi connectivity index (χ1) is 10.1. The van der Waals surface area contributed by atoms with Crippen LogP contribution in [0, 0.1) is 5.92 Å². The van der Waals surface area contributed by atoms with Crippen molar-refractivity contribution in [2.45, 2.75) is 39.3 Å². The van der Waals surface area contributed by atoms with Gasteiger partial charge >= 0.3 is 0 Å². The second kappa shape index (κ2) is 5.31.